The second-order valence-electron chi connectivity index (χ2n) is 4.20. The van der Waals surface area contributed by atoms with E-state index in [1.807, 2.05) is 0 Å². The molecule has 0 heterocycles. The standard InChI is InChI=1S/C7H9F9N/c1-17(2,3)7(15,16)5(10,11)4(8,9)6(12,13)14/h1-3H3/q+1. The highest BCUT2D eigenvalue weighted by atomic mass is 19.4. The molecule has 0 N–H and O–H groups in total. The molecular formula is C7H9F9N+. The van der Waals surface area contributed by atoms with E-state index in [4.69, 9.17) is 0 Å². The third kappa shape index (κ3) is 2.18. The van der Waals surface area contributed by atoms with Gasteiger partial charge in [-0.3, -0.25) is 4.48 Å². The van der Waals surface area contributed by atoms with E-state index in [1.165, 1.54) is 0 Å². The van der Waals surface area contributed by atoms with Crippen molar-refractivity contribution in [3.63, 3.8) is 0 Å². The molecule has 0 aliphatic carbocycles. The summed E-state index contributed by atoms with van der Waals surface area (Å²) in [5.74, 6) is -13.4. The third-order valence-corrected chi connectivity index (χ3v) is 1.97. The zero-order chi connectivity index (χ0) is 14.5. The van der Waals surface area contributed by atoms with Crippen molar-refractivity contribution in [1.29, 1.82) is 0 Å². The lowest BCUT2D eigenvalue weighted by Crippen LogP contribution is -2.70. The summed E-state index contributed by atoms with van der Waals surface area (Å²) in [6.45, 7) is 0. The van der Waals surface area contributed by atoms with E-state index >= 15 is 0 Å². The first-order valence-corrected chi connectivity index (χ1v) is 4.02. The Morgan fingerprint density at radius 3 is 1.06 bits per heavy atom. The van der Waals surface area contributed by atoms with Crippen molar-refractivity contribution in [3.8, 4) is 0 Å². The van der Waals surface area contributed by atoms with E-state index in [0.29, 0.717) is 21.1 Å². The monoisotopic (exact) mass is 278 g/mol. The molecule has 0 aromatic carbocycles. The van der Waals surface area contributed by atoms with E-state index in [9.17, 15) is 39.5 Å². The van der Waals surface area contributed by atoms with E-state index in [-0.39, 0.29) is 0 Å². The molecule has 10 heteroatoms. The van der Waals surface area contributed by atoms with Gasteiger partial charge in [0.05, 0.1) is 21.1 Å². The molecule has 0 aliphatic heterocycles. The Bertz CT molecular complexity index is 257. The van der Waals surface area contributed by atoms with Crippen LogP contribution in [0.4, 0.5) is 39.5 Å². The van der Waals surface area contributed by atoms with Gasteiger partial charge in [0.1, 0.15) is 0 Å². The highest BCUT2D eigenvalue weighted by Crippen LogP contribution is 2.54. The van der Waals surface area contributed by atoms with E-state index < -0.39 is 28.6 Å². The third-order valence-electron chi connectivity index (χ3n) is 1.97. The first kappa shape index (κ1) is 16.3. The van der Waals surface area contributed by atoms with Gasteiger partial charge in [0.2, 0.25) is 0 Å². The van der Waals surface area contributed by atoms with Crippen molar-refractivity contribution in [2.24, 2.45) is 0 Å². The first-order valence-electron chi connectivity index (χ1n) is 4.02. The van der Waals surface area contributed by atoms with Gasteiger partial charge in [0.15, 0.2) is 0 Å². The van der Waals surface area contributed by atoms with Crippen LogP contribution in [0.3, 0.4) is 0 Å². The number of nitrogens with zero attached hydrogens (tertiary/aromatic N) is 1. The number of rotatable bonds is 3. The van der Waals surface area contributed by atoms with Gasteiger partial charge in [-0.05, 0) is 0 Å². The van der Waals surface area contributed by atoms with Gasteiger partial charge in [-0.2, -0.15) is 30.7 Å². The predicted octanol–water partition coefficient (Wildman–Crippen LogP) is 3.12. The van der Waals surface area contributed by atoms with Crippen LogP contribution in [-0.2, 0) is 0 Å². The fraction of sp³-hybridized carbons (Fsp3) is 1.00. The number of halogens is 9. The minimum absolute atomic E-state index is 0.375. The molecule has 0 radical (unpaired) electrons. The van der Waals surface area contributed by atoms with Crippen molar-refractivity contribution in [2.75, 3.05) is 21.1 Å². The molecule has 0 unspecified atom stereocenters. The van der Waals surface area contributed by atoms with Crippen LogP contribution < -0.4 is 0 Å². The second-order valence-corrected chi connectivity index (χ2v) is 4.20. The highest BCUT2D eigenvalue weighted by Gasteiger charge is 2.86. The molecule has 0 amide bonds. The fourth-order valence-corrected chi connectivity index (χ4v) is 0.788. The first-order chi connectivity index (χ1) is 7.00. The molecule has 104 valence electrons. The number of alkyl halides is 9. The summed E-state index contributed by atoms with van der Waals surface area (Å²) in [5.41, 5.74) is 0. The van der Waals surface area contributed by atoms with E-state index in [1.54, 1.807) is 0 Å². The SMILES string of the molecule is C[N+](C)(C)C(F)(F)C(F)(F)C(F)(F)C(F)(F)F. The average molecular weight is 278 g/mol. The Labute approximate surface area is 90.4 Å². The van der Waals surface area contributed by atoms with Gasteiger partial charge in [-0.15, -0.1) is 8.78 Å². The van der Waals surface area contributed by atoms with E-state index in [2.05, 4.69) is 0 Å². The highest BCUT2D eigenvalue weighted by molar-refractivity contribution is 4.96. The van der Waals surface area contributed by atoms with E-state index in [0.717, 1.165) is 0 Å². The fourth-order valence-electron chi connectivity index (χ4n) is 0.788. The Kier molecular flexibility index (Phi) is 3.52. The molecule has 0 aromatic rings. The van der Waals surface area contributed by atoms with Gasteiger partial charge in [0, 0.05) is 0 Å². The topological polar surface area (TPSA) is 0 Å². The van der Waals surface area contributed by atoms with Gasteiger partial charge >= 0.3 is 24.1 Å². The molecule has 17 heavy (non-hydrogen) atoms. The zero-order valence-electron chi connectivity index (χ0n) is 8.85. The maximum absolute atomic E-state index is 13.0. The van der Waals surface area contributed by atoms with Crippen LogP contribution in [0, 0.1) is 0 Å². The minimum atomic E-state index is -6.82. The Hall–Kier alpha value is -0.670. The maximum atomic E-state index is 13.0. The Balaban J connectivity index is 5.73. The minimum Gasteiger partial charge on any atom is -0.265 e. The summed E-state index contributed by atoms with van der Waals surface area (Å²) in [7, 11) is 1.13. The van der Waals surface area contributed by atoms with Crippen LogP contribution in [0.2, 0.25) is 0 Å². The second kappa shape index (κ2) is 3.66. The molecule has 0 rings (SSSR count). The normalized spacial score (nSPS) is 16.2. The number of quaternary nitrogens is 1. The molecular weight excluding hydrogens is 269 g/mol. The summed E-state index contributed by atoms with van der Waals surface area (Å²) in [4.78, 5) is 0. The van der Waals surface area contributed by atoms with Crippen molar-refractivity contribution in [2.45, 2.75) is 24.1 Å². The summed E-state index contributed by atoms with van der Waals surface area (Å²) >= 11 is 0. The lowest BCUT2D eigenvalue weighted by molar-refractivity contribution is -0.975. The Morgan fingerprint density at radius 1 is 0.588 bits per heavy atom. The zero-order valence-corrected chi connectivity index (χ0v) is 8.85. The van der Waals surface area contributed by atoms with Gasteiger partial charge in [-0.25, -0.2) is 0 Å². The summed E-state index contributed by atoms with van der Waals surface area (Å²) in [6, 6.07) is -5.59. The van der Waals surface area contributed by atoms with Crippen LogP contribution in [-0.4, -0.2) is 49.7 Å². The van der Waals surface area contributed by atoms with Crippen LogP contribution in [0.5, 0.6) is 0 Å². The smallest absolute Gasteiger partial charge is 0.265 e. The lowest BCUT2D eigenvalue weighted by Gasteiger charge is -2.40. The molecule has 0 aliphatic rings. The van der Waals surface area contributed by atoms with Gasteiger partial charge in [-0.1, -0.05) is 0 Å². The van der Waals surface area contributed by atoms with Crippen LogP contribution >= 0.6 is 0 Å². The summed E-state index contributed by atoms with van der Waals surface area (Å²) < 4.78 is 109. The summed E-state index contributed by atoms with van der Waals surface area (Å²) in [6.07, 6.45) is -6.77. The average Bonchev–Trinajstić information content (AvgIpc) is 1.98. The molecule has 0 aromatic heterocycles. The quantitative estimate of drug-likeness (QED) is 0.423. The molecule has 0 spiro atoms. The molecule has 0 saturated carbocycles. The molecule has 1 nitrogen and oxygen atoms in total. The maximum Gasteiger partial charge on any atom is 0.461 e. The largest absolute Gasteiger partial charge is 0.461 e. The van der Waals surface area contributed by atoms with Crippen LogP contribution in [0.15, 0.2) is 0 Å². The van der Waals surface area contributed by atoms with Crippen molar-refractivity contribution < 1.29 is 44.0 Å². The van der Waals surface area contributed by atoms with Crippen molar-refractivity contribution in [1.82, 2.24) is 0 Å². The van der Waals surface area contributed by atoms with Gasteiger partial charge in [0.25, 0.3) is 0 Å². The molecule has 0 fully saturated rings. The van der Waals surface area contributed by atoms with Crippen molar-refractivity contribution >= 4 is 0 Å². The summed E-state index contributed by atoms with van der Waals surface area (Å²) in [5, 5.41) is 0. The number of hydrogen-bond acceptors (Lipinski definition) is 0. The Morgan fingerprint density at radius 2 is 0.882 bits per heavy atom. The number of hydrogen-bond donors (Lipinski definition) is 0. The molecule has 0 saturated heterocycles. The molecule has 0 atom stereocenters. The lowest BCUT2D eigenvalue weighted by atomic mass is 10.1. The van der Waals surface area contributed by atoms with Crippen LogP contribution in [0.1, 0.15) is 0 Å². The van der Waals surface area contributed by atoms with Crippen LogP contribution in [0.25, 0.3) is 0 Å². The van der Waals surface area contributed by atoms with Gasteiger partial charge < -0.3 is 0 Å². The predicted molar refractivity (Wildman–Crippen MR) is 38.9 cm³/mol. The molecule has 0 bridgehead atoms. The van der Waals surface area contributed by atoms with Crippen molar-refractivity contribution in [3.05, 3.63) is 0 Å².